The maximum Gasteiger partial charge on any atom is 0.237 e. The number of rotatable bonds is 4. The lowest BCUT2D eigenvalue weighted by Crippen LogP contribution is -2.42. The second-order valence-corrected chi connectivity index (χ2v) is 2.61. The number of terminal acetylenes is 1. The minimum Gasteiger partial charge on any atom is -0.392 e. The van der Waals surface area contributed by atoms with E-state index in [-0.39, 0.29) is 18.9 Å². The van der Waals surface area contributed by atoms with Crippen LogP contribution in [-0.2, 0) is 4.79 Å². The molecule has 0 aromatic carbocycles. The van der Waals surface area contributed by atoms with Gasteiger partial charge >= 0.3 is 0 Å². The van der Waals surface area contributed by atoms with Crippen LogP contribution in [0.5, 0.6) is 0 Å². The van der Waals surface area contributed by atoms with Gasteiger partial charge in [-0.05, 0) is 6.92 Å². The van der Waals surface area contributed by atoms with Crippen LogP contribution in [0.15, 0.2) is 0 Å². The van der Waals surface area contributed by atoms with Crippen molar-refractivity contribution in [3.8, 4) is 12.3 Å². The van der Waals surface area contributed by atoms with Crippen LogP contribution >= 0.6 is 0 Å². The first-order chi connectivity index (χ1) is 5.57. The summed E-state index contributed by atoms with van der Waals surface area (Å²) in [5.74, 6) is 1.96. The molecule has 0 aliphatic carbocycles. The average Bonchev–Trinajstić information content (AvgIpc) is 2.00. The predicted molar refractivity (Wildman–Crippen MR) is 46.1 cm³/mol. The van der Waals surface area contributed by atoms with Crippen LogP contribution in [0.1, 0.15) is 13.3 Å². The number of carbonyl (C=O) groups excluding carboxylic acids is 1. The van der Waals surface area contributed by atoms with E-state index in [0.717, 1.165) is 0 Å². The zero-order valence-corrected chi connectivity index (χ0v) is 7.08. The van der Waals surface area contributed by atoms with Gasteiger partial charge in [0.15, 0.2) is 0 Å². The molecule has 0 saturated heterocycles. The lowest BCUT2D eigenvalue weighted by molar-refractivity contribution is -0.122. The minimum absolute atomic E-state index is 0.205. The molecule has 0 fully saturated rings. The molecule has 1 unspecified atom stereocenters. The third-order valence-electron chi connectivity index (χ3n) is 1.25. The van der Waals surface area contributed by atoms with Gasteiger partial charge in [-0.15, -0.1) is 12.3 Å². The molecule has 4 nitrogen and oxygen atoms in total. The summed E-state index contributed by atoms with van der Waals surface area (Å²) in [7, 11) is 0. The first kappa shape index (κ1) is 11.0. The maximum atomic E-state index is 11.0. The largest absolute Gasteiger partial charge is 0.392 e. The third-order valence-corrected chi connectivity index (χ3v) is 1.25. The second kappa shape index (κ2) is 5.58. The van der Waals surface area contributed by atoms with Gasteiger partial charge < -0.3 is 16.2 Å². The molecule has 0 rings (SSSR count). The van der Waals surface area contributed by atoms with Gasteiger partial charge in [-0.25, -0.2) is 0 Å². The highest BCUT2D eigenvalue weighted by Crippen LogP contribution is 1.85. The molecular weight excluding hydrogens is 156 g/mol. The summed E-state index contributed by atoms with van der Waals surface area (Å²) in [5.41, 5.74) is 5.38. The topological polar surface area (TPSA) is 75.4 Å². The number of nitrogens with two attached hydrogens (primary N) is 1. The summed E-state index contributed by atoms with van der Waals surface area (Å²) in [6, 6.07) is -0.672. The van der Waals surface area contributed by atoms with Crippen LogP contribution < -0.4 is 11.1 Å². The molecule has 4 N–H and O–H groups in total. The molecule has 1 amide bonds. The first-order valence-corrected chi connectivity index (χ1v) is 3.72. The number of nitrogens with one attached hydrogen (secondary N) is 1. The molecule has 12 heavy (non-hydrogen) atoms. The molecule has 0 aliphatic heterocycles. The number of aliphatic hydroxyl groups is 1. The Morgan fingerprint density at radius 3 is 2.83 bits per heavy atom. The third kappa shape index (κ3) is 4.72. The van der Waals surface area contributed by atoms with Gasteiger partial charge in [-0.2, -0.15) is 0 Å². The monoisotopic (exact) mass is 170 g/mol. The zero-order valence-electron chi connectivity index (χ0n) is 7.08. The van der Waals surface area contributed by atoms with Gasteiger partial charge in [-0.1, -0.05) is 0 Å². The molecule has 0 bridgehead atoms. The summed E-state index contributed by atoms with van der Waals surface area (Å²) in [5, 5.41) is 11.3. The highest BCUT2D eigenvalue weighted by molar-refractivity contribution is 5.81. The molecule has 0 heterocycles. The number of hydrogen-bond acceptors (Lipinski definition) is 3. The van der Waals surface area contributed by atoms with Crippen molar-refractivity contribution >= 4 is 5.91 Å². The Hall–Kier alpha value is -1.05. The molecular formula is C8H14N2O2. The fourth-order valence-corrected chi connectivity index (χ4v) is 0.599. The Morgan fingerprint density at radius 1 is 1.83 bits per heavy atom. The van der Waals surface area contributed by atoms with Crippen LogP contribution in [-0.4, -0.2) is 29.7 Å². The molecule has 0 aromatic heterocycles. The smallest absolute Gasteiger partial charge is 0.237 e. The van der Waals surface area contributed by atoms with Crippen molar-refractivity contribution in [3.63, 3.8) is 0 Å². The van der Waals surface area contributed by atoms with E-state index in [2.05, 4.69) is 11.2 Å². The highest BCUT2D eigenvalue weighted by atomic mass is 16.3. The van der Waals surface area contributed by atoms with Gasteiger partial charge in [0.2, 0.25) is 5.91 Å². The minimum atomic E-state index is -0.672. The van der Waals surface area contributed by atoms with E-state index in [1.807, 2.05) is 0 Å². The van der Waals surface area contributed by atoms with Gasteiger partial charge in [0.05, 0.1) is 12.1 Å². The predicted octanol–water partition coefficient (Wildman–Crippen LogP) is -1.17. The van der Waals surface area contributed by atoms with E-state index in [9.17, 15) is 4.79 Å². The average molecular weight is 170 g/mol. The van der Waals surface area contributed by atoms with E-state index < -0.39 is 12.1 Å². The number of hydrogen-bond donors (Lipinski definition) is 3. The standard InChI is InChI=1S/C8H14N2O2/c1-3-4-7(9)8(12)10-5-6(2)11/h1,6-7,11H,4-5,9H2,2H3,(H,10,12)/t6-,7?/m1/s1. The van der Waals surface area contributed by atoms with Crippen molar-refractivity contribution in [1.82, 2.24) is 5.32 Å². The van der Waals surface area contributed by atoms with Crippen LogP contribution in [0.4, 0.5) is 0 Å². The lowest BCUT2D eigenvalue weighted by atomic mass is 10.2. The molecule has 0 aliphatic rings. The second-order valence-electron chi connectivity index (χ2n) is 2.61. The van der Waals surface area contributed by atoms with E-state index in [1.165, 1.54) is 0 Å². The molecule has 68 valence electrons. The van der Waals surface area contributed by atoms with Crippen molar-refractivity contribution in [1.29, 1.82) is 0 Å². The van der Waals surface area contributed by atoms with Crippen molar-refractivity contribution < 1.29 is 9.90 Å². The van der Waals surface area contributed by atoms with Crippen LogP contribution in [0.2, 0.25) is 0 Å². The summed E-state index contributed by atoms with van der Waals surface area (Å²) < 4.78 is 0. The summed E-state index contributed by atoms with van der Waals surface area (Å²) in [4.78, 5) is 11.0. The van der Waals surface area contributed by atoms with Crippen molar-refractivity contribution in [2.45, 2.75) is 25.5 Å². The molecule has 0 aromatic rings. The SMILES string of the molecule is C#CCC(N)C(=O)NC[C@@H](C)O. The molecule has 0 radical (unpaired) electrons. The Bertz CT molecular complexity index is 184. The number of amides is 1. The first-order valence-electron chi connectivity index (χ1n) is 3.72. The van der Waals surface area contributed by atoms with E-state index in [4.69, 9.17) is 17.3 Å². The number of carbonyl (C=O) groups is 1. The Balaban J connectivity index is 3.66. The van der Waals surface area contributed by atoms with Crippen LogP contribution in [0.3, 0.4) is 0 Å². The molecule has 0 saturated carbocycles. The van der Waals surface area contributed by atoms with E-state index in [1.54, 1.807) is 6.92 Å². The fourth-order valence-electron chi connectivity index (χ4n) is 0.599. The van der Waals surface area contributed by atoms with Crippen LogP contribution in [0.25, 0.3) is 0 Å². The van der Waals surface area contributed by atoms with Gasteiger partial charge in [-0.3, -0.25) is 4.79 Å². The normalized spacial score (nSPS) is 14.5. The molecule has 2 atom stereocenters. The number of aliphatic hydroxyl groups excluding tert-OH is 1. The van der Waals surface area contributed by atoms with Gasteiger partial charge in [0.1, 0.15) is 0 Å². The lowest BCUT2D eigenvalue weighted by Gasteiger charge is -2.10. The Labute approximate surface area is 72.1 Å². The molecule has 0 spiro atoms. The van der Waals surface area contributed by atoms with Gasteiger partial charge in [0, 0.05) is 13.0 Å². The van der Waals surface area contributed by atoms with Crippen molar-refractivity contribution in [2.75, 3.05) is 6.54 Å². The fraction of sp³-hybridized carbons (Fsp3) is 0.625. The van der Waals surface area contributed by atoms with Crippen LogP contribution in [0, 0.1) is 12.3 Å². The van der Waals surface area contributed by atoms with Gasteiger partial charge in [0.25, 0.3) is 0 Å². The quantitative estimate of drug-likeness (QED) is 0.465. The summed E-state index contributed by atoms with van der Waals surface area (Å²) in [6.45, 7) is 1.78. The Kier molecular flexibility index (Phi) is 5.09. The molecule has 4 heteroatoms. The Morgan fingerprint density at radius 2 is 2.42 bits per heavy atom. The summed E-state index contributed by atoms with van der Waals surface area (Å²) >= 11 is 0. The highest BCUT2D eigenvalue weighted by Gasteiger charge is 2.11. The summed E-state index contributed by atoms with van der Waals surface area (Å²) in [6.07, 6.45) is 4.61. The van der Waals surface area contributed by atoms with Crippen molar-refractivity contribution in [3.05, 3.63) is 0 Å². The van der Waals surface area contributed by atoms with E-state index in [0.29, 0.717) is 0 Å². The zero-order chi connectivity index (χ0) is 9.56. The maximum absolute atomic E-state index is 11.0. The van der Waals surface area contributed by atoms with Crippen molar-refractivity contribution in [2.24, 2.45) is 5.73 Å². The van der Waals surface area contributed by atoms with E-state index >= 15 is 0 Å².